The van der Waals surface area contributed by atoms with Crippen LogP contribution in [-0.2, 0) is 23.9 Å². The van der Waals surface area contributed by atoms with Crippen LogP contribution in [0, 0.1) is 92.7 Å². The van der Waals surface area contributed by atoms with Crippen molar-refractivity contribution in [3.63, 3.8) is 0 Å². The molecule has 63 heavy (non-hydrogen) atoms. The fraction of sp³-hybridized carbons (Fsp3) is 0.960. The van der Waals surface area contributed by atoms with Crippen LogP contribution in [0.15, 0.2) is 0 Å². The average molecular weight is 906 g/mol. The first-order valence-electron chi connectivity index (χ1n) is 25.3. The summed E-state index contributed by atoms with van der Waals surface area (Å²) in [5.74, 6) is 0.631. The smallest absolute Gasteiger partial charge is 0.303 e. The number of carbonyl (C=O) groups excluding carboxylic acids is 1. The van der Waals surface area contributed by atoms with Crippen molar-refractivity contribution in [1.82, 2.24) is 5.32 Å². The summed E-state index contributed by atoms with van der Waals surface area (Å²) < 4.78 is 32.5. The van der Waals surface area contributed by atoms with E-state index in [9.17, 15) is 48.6 Å². The lowest BCUT2D eigenvalue weighted by molar-refractivity contribution is -0.207. The van der Waals surface area contributed by atoms with Crippen molar-refractivity contribution in [3.8, 4) is 0 Å². The van der Waals surface area contributed by atoms with Crippen LogP contribution in [0.1, 0.15) is 157 Å². The van der Waals surface area contributed by atoms with Crippen molar-refractivity contribution in [1.29, 1.82) is 0 Å². The number of nitrogens with one attached hydrogen (secondary N) is 1. The molecule has 22 atom stereocenters. The summed E-state index contributed by atoms with van der Waals surface area (Å²) >= 11 is 0. The van der Waals surface area contributed by atoms with Gasteiger partial charge in [0.2, 0.25) is 5.91 Å². The van der Waals surface area contributed by atoms with Gasteiger partial charge in [-0.2, -0.15) is 8.42 Å². The molecule has 7 N–H and O–H groups in total. The third kappa shape index (κ3) is 8.29. The Morgan fingerprint density at radius 2 is 1.14 bits per heavy atom. The Hall–Kier alpha value is -1.35. The van der Waals surface area contributed by atoms with Crippen molar-refractivity contribution < 1.29 is 52.8 Å². The highest BCUT2D eigenvalue weighted by atomic mass is 32.2. The number of aliphatic hydroxyl groups is 5. The number of hydrogen-bond donors (Lipinski definition) is 7. The maximum atomic E-state index is 13.3. The zero-order valence-electron chi connectivity index (χ0n) is 39.2. The molecule has 0 aromatic carbocycles. The first-order chi connectivity index (χ1) is 29.5. The quantitative estimate of drug-likeness (QED) is 0.102. The van der Waals surface area contributed by atoms with Gasteiger partial charge in [0, 0.05) is 19.4 Å². The lowest BCUT2D eigenvalue weighted by atomic mass is 9.43. The van der Waals surface area contributed by atoms with E-state index < -0.39 is 46.6 Å². The molecule has 8 fully saturated rings. The maximum Gasteiger partial charge on any atom is 0.303 e. The molecule has 13 heteroatoms. The second-order valence-corrected chi connectivity index (χ2v) is 25.9. The highest BCUT2D eigenvalue weighted by Gasteiger charge is 2.67. The van der Waals surface area contributed by atoms with Crippen LogP contribution >= 0.6 is 0 Å². The third-order valence-corrected chi connectivity index (χ3v) is 22.9. The minimum atomic E-state index is -3.94. The Morgan fingerprint density at radius 3 is 1.67 bits per heavy atom. The van der Waals surface area contributed by atoms with Crippen LogP contribution in [0.4, 0.5) is 0 Å². The maximum absolute atomic E-state index is 13.3. The molecular weight excluding hydrogens is 823 g/mol. The lowest BCUT2D eigenvalue weighted by Gasteiger charge is -2.63. The van der Waals surface area contributed by atoms with Crippen LogP contribution in [-0.4, -0.2) is 99.9 Å². The highest BCUT2D eigenvalue weighted by Crippen LogP contribution is 2.70. The number of aliphatic hydroxyl groups excluding tert-OH is 5. The van der Waals surface area contributed by atoms with E-state index in [0.29, 0.717) is 44.9 Å². The average Bonchev–Trinajstić information content (AvgIpc) is 3.76. The predicted molar refractivity (Wildman–Crippen MR) is 238 cm³/mol. The first kappa shape index (κ1) is 48.1. The molecule has 8 rings (SSSR count). The van der Waals surface area contributed by atoms with Crippen molar-refractivity contribution in [3.05, 3.63) is 0 Å². The SMILES string of the molecule is C[C@H](CCC(=O)NCCS(=O)(=O)O[C@@H]1CC[C@@]2(C)[C@@H](C1)C[C@@H](O)[C@@H]1[C@@H]2C[C@H](O)[C@]2(C)[C@@H]([C@H](C)CCC(=O)O)CC[C@@H]12)[C@H]1CCC2C3C(C[C@H](O)[C@@]21C)[C@@]1(C)CC[C@@H](O)CC1C[C@H]3O. The second-order valence-electron chi connectivity index (χ2n) is 24.2. The number of carbonyl (C=O) groups is 2. The standard InChI is InChI=1S/C50H83NO11S/c1-27(33-9-11-35-45-37(25-41(55)49(33,35)5)47(3)17-15-31(52)21-29(47)23-39(45)53)7-13-43(57)51-19-20-63(60,61)62-32-16-18-48(4)30(22-32)24-40(54)46-36-12-10-34(28(2)8-14-44(58)59)50(36,6)42(56)26-38(46)48/h27-42,45-46,52-56H,7-26H2,1-6H3,(H,51,57)(H,58,59)/t27-,28-,29?,30+,31-,32-,33-,34-,35?,36+,37?,38+,39-,40-,41+,42+,45?,46+,47+,48+,49-,50-/m1/s1. The minimum absolute atomic E-state index is 0.0177. The van der Waals surface area contributed by atoms with E-state index >= 15 is 0 Å². The van der Waals surface area contributed by atoms with Gasteiger partial charge in [-0.3, -0.25) is 13.8 Å². The van der Waals surface area contributed by atoms with E-state index in [0.717, 1.165) is 57.8 Å². The summed E-state index contributed by atoms with van der Waals surface area (Å²) in [4.78, 5) is 24.5. The number of aliphatic carboxylic acids is 1. The van der Waals surface area contributed by atoms with E-state index in [1.807, 2.05) is 0 Å². The van der Waals surface area contributed by atoms with Crippen LogP contribution in [0.5, 0.6) is 0 Å². The molecule has 8 aliphatic rings. The van der Waals surface area contributed by atoms with Crippen LogP contribution in [0.25, 0.3) is 0 Å². The van der Waals surface area contributed by atoms with Gasteiger partial charge in [0.05, 0.1) is 42.4 Å². The van der Waals surface area contributed by atoms with Gasteiger partial charge < -0.3 is 36.0 Å². The Morgan fingerprint density at radius 1 is 0.651 bits per heavy atom. The summed E-state index contributed by atoms with van der Waals surface area (Å²) in [5.41, 5.74) is -0.874. The fourth-order valence-corrected chi connectivity index (χ4v) is 19.1. The molecule has 8 aliphatic carbocycles. The second kappa shape index (κ2) is 17.6. The van der Waals surface area contributed by atoms with Crippen LogP contribution < -0.4 is 5.32 Å². The number of rotatable bonds is 13. The topological polar surface area (TPSA) is 211 Å². The summed E-state index contributed by atoms with van der Waals surface area (Å²) in [6.07, 6.45) is 9.36. The molecule has 0 heterocycles. The minimum Gasteiger partial charge on any atom is -0.481 e. The number of carboxylic acid groups (broad SMARTS) is 1. The summed E-state index contributed by atoms with van der Waals surface area (Å²) in [5, 5.41) is 69.9. The summed E-state index contributed by atoms with van der Waals surface area (Å²) in [7, 11) is -3.94. The molecule has 8 saturated carbocycles. The molecule has 0 aliphatic heterocycles. The van der Waals surface area contributed by atoms with Crippen molar-refractivity contribution in [2.24, 2.45) is 92.7 Å². The van der Waals surface area contributed by atoms with E-state index in [1.165, 1.54) is 0 Å². The summed E-state index contributed by atoms with van der Waals surface area (Å²) in [6.45, 7) is 13.3. The van der Waals surface area contributed by atoms with Gasteiger partial charge in [-0.1, -0.05) is 41.5 Å². The Balaban J connectivity index is 0.804. The number of fused-ring (bicyclic) bond motifs is 10. The van der Waals surface area contributed by atoms with E-state index in [4.69, 9.17) is 4.18 Å². The molecule has 12 nitrogen and oxygen atoms in total. The fourth-order valence-electron chi connectivity index (χ4n) is 18.1. The predicted octanol–water partition coefficient (Wildman–Crippen LogP) is 6.30. The van der Waals surface area contributed by atoms with Crippen LogP contribution in [0.3, 0.4) is 0 Å². The van der Waals surface area contributed by atoms with Gasteiger partial charge in [0.1, 0.15) is 0 Å². The highest BCUT2D eigenvalue weighted by molar-refractivity contribution is 7.86. The molecular formula is C50H83NO11S. The zero-order chi connectivity index (χ0) is 45.6. The molecule has 0 bridgehead atoms. The van der Waals surface area contributed by atoms with Gasteiger partial charge in [0.15, 0.2) is 0 Å². The Kier molecular flexibility index (Phi) is 13.5. The first-order valence-corrected chi connectivity index (χ1v) is 26.9. The zero-order valence-corrected chi connectivity index (χ0v) is 40.0. The van der Waals surface area contributed by atoms with Crippen molar-refractivity contribution >= 4 is 22.0 Å². The normalized spacial score (nSPS) is 50.1. The van der Waals surface area contributed by atoms with Gasteiger partial charge >= 0.3 is 5.97 Å². The van der Waals surface area contributed by atoms with Gasteiger partial charge in [-0.25, -0.2) is 0 Å². The summed E-state index contributed by atoms with van der Waals surface area (Å²) in [6, 6.07) is 0. The van der Waals surface area contributed by atoms with E-state index in [1.54, 1.807) is 0 Å². The largest absolute Gasteiger partial charge is 0.481 e. The van der Waals surface area contributed by atoms with E-state index in [-0.39, 0.29) is 130 Å². The molecule has 4 unspecified atom stereocenters. The Bertz CT molecular complexity index is 1800. The number of hydrogen-bond acceptors (Lipinski definition) is 10. The van der Waals surface area contributed by atoms with Crippen molar-refractivity contribution in [2.45, 2.75) is 194 Å². The number of carboxylic acids is 1. The molecule has 0 spiro atoms. The van der Waals surface area contributed by atoms with Gasteiger partial charge in [-0.05, 0) is 195 Å². The monoisotopic (exact) mass is 906 g/mol. The molecule has 0 radical (unpaired) electrons. The Labute approximate surface area is 377 Å². The molecule has 360 valence electrons. The molecule has 0 aromatic rings. The van der Waals surface area contributed by atoms with Crippen LogP contribution in [0.2, 0.25) is 0 Å². The number of amides is 1. The van der Waals surface area contributed by atoms with E-state index in [2.05, 4.69) is 46.9 Å². The third-order valence-electron chi connectivity index (χ3n) is 21.6. The molecule has 0 saturated heterocycles. The van der Waals surface area contributed by atoms with Gasteiger partial charge in [0.25, 0.3) is 10.1 Å². The molecule has 0 aromatic heterocycles. The molecule has 1 amide bonds. The van der Waals surface area contributed by atoms with Crippen molar-refractivity contribution in [2.75, 3.05) is 12.3 Å². The lowest BCUT2D eigenvalue weighted by Crippen LogP contribution is -2.62. The van der Waals surface area contributed by atoms with Gasteiger partial charge in [-0.15, -0.1) is 0 Å².